The maximum Gasteiger partial charge on any atom is 0.415 e. The highest BCUT2D eigenvalue weighted by Crippen LogP contribution is 2.21. The van der Waals surface area contributed by atoms with Gasteiger partial charge >= 0.3 is 6.18 Å². The summed E-state index contributed by atoms with van der Waals surface area (Å²) in [5.41, 5.74) is 0.296. The fourth-order valence-corrected chi connectivity index (χ4v) is 1.38. The highest BCUT2D eigenvalue weighted by atomic mass is 19.4. The number of aliphatic hydroxyl groups is 1. The molecule has 0 spiro atoms. The number of halogens is 4. The number of nitrogens with zero attached hydrogens (tertiary/aromatic N) is 1. The second kappa shape index (κ2) is 5.46. The molecule has 0 fully saturated rings. The molecule has 0 aromatic heterocycles. The fraction of sp³-hybridized carbons (Fsp3) is 0.455. The van der Waals surface area contributed by atoms with E-state index in [1.807, 2.05) is 0 Å². The van der Waals surface area contributed by atoms with Crippen LogP contribution in [0.4, 0.5) is 17.6 Å². The lowest BCUT2D eigenvalue weighted by atomic mass is 10.2. The zero-order chi connectivity index (χ0) is 13.1. The van der Waals surface area contributed by atoms with E-state index in [1.165, 1.54) is 30.1 Å². The Kier molecular flexibility index (Phi) is 4.47. The van der Waals surface area contributed by atoms with Crippen molar-refractivity contribution in [1.82, 2.24) is 4.90 Å². The molecule has 1 atom stereocenters. The molecule has 0 saturated carbocycles. The molecule has 0 bridgehead atoms. The van der Waals surface area contributed by atoms with E-state index in [-0.39, 0.29) is 6.54 Å². The van der Waals surface area contributed by atoms with Crippen molar-refractivity contribution < 1.29 is 22.7 Å². The van der Waals surface area contributed by atoms with Crippen LogP contribution in [-0.4, -0.2) is 35.9 Å². The van der Waals surface area contributed by atoms with Crippen LogP contribution in [0, 0.1) is 5.82 Å². The van der Waals surface area contributed by atoms with Crippen LogP contribution >= 0.6 is 0 Å². The van der Waals surface area contributed by atoms with Crippen LogP contribution in [0.15, 0.2) is 24.3 Å². The number of rotatable bonds is 4. The van der Waals surface area contributed by atoms with Crippen molar-refractivity contribution in [2.75, 3.05) is 13.6 Å². The van der Waals surface area contributed by atoms with Gasteiger partial charge < -0.3 is 5.11 Å². The first-order chi connectivity index (χ1) is 7.80. The summed E-state index contributed by atoms with van der Waals surface area (Å²) in [5, 5.41) is 8.84. The normalized spacial score (nSPS) is 14.1. The standard InChI is InChI=1S/C11H13F4NO/c1-16(7-10(17)11(13,14)15)6-8-4-2-3-5-9(8)12/h2-5,10,17H,6-7H2,1H3. The molecular weight excluding hydrogens is 238 g/mol. The minimum absolute atomic E-state index is 0.0137. The predicted molar refractivity (Wildman–Crippen MR) is 54.8 cm³/mol. The molecule has 0 heterocycles. The van der Waals surface area contributed by atoms with Gasteiger partial charge in [-0.2, -0.15) is 13.2 Å². The molecule has 1 unspecified atom stereocenters. The monoisotopic (exact) mass is 251 g/mol. The SMILES string of the molecule is CN(Cc1ccccc1F)CC(O)C(F)(F)F. The Balaban J connectivity index is 2.56. The van der Waals surface area contributed by atoms with Crippen LogP contribution < -0.4 is 0 Å². The van der Waals surface area contributed by atoms with Gasteiger partial charge in [0.25, 0.3) is 0 Å². The molecule has 0 saturated heterocycles. The minimum Gasteiger partial charge on any atom is -0.382 e. The summed E-state index contributed by atoms with van der Waals surface area (Å²) in [5.74, 6) is -0.471. The summed E-state index contributed by atoms with van der Waals surface area (Å²) in [7, 11) is 1.39. The van der Waals surface area contributed by atoms with Gasteiger partial charge in [-0.15, -0.1) is 0 Å². The van der Waals surface area contributed by atoms with Crippen molar-refractivity contribution in [3.05, 3.63) is 35.6 Å². The number of hydrogen-bond acceptors (Lipinski definition) is 2. The zero-order valence-corrected chi connectivity index (χ0v) is 9.21. The molecule has 1 N–H and O–H groups in total. The number of likely N-dealkylation sites (N-methyl/N-ethyl adjacent to an activating group) is 1. The van der Waals surface area contributed by atoms with Crippen LogP contribution in [-0.2, 0) is 6.54 Å². The third-order valence-electron chi connectivity index (χ3n) is 2.26. The molecule has 0 radical (unpaired) electrons. The lowest BCUT2D eigenvalue weighted by Crippen LogP contribution is -2.39. The molecule has 1 aromatic carbocycles. The first-order valence-corrected chi connectivity index (χ1v) is 4.97. The van der Waals surface area contributed by atoms with Crippen molar-refractivity contribution in [2.24, 2.45) is 0 Å². The van der Waals surface area contributed by atoms with Crippen molar-refractivity contribution >= 4 is 0 Å². The Morgan fingerprint density at radius 3 is 2.41 bits per heavy atom. The van der Waals surface area contributed by atoms with Crippen LogP contribution in [0.2, 0.25) is 0 Å². The van der Waals surface area contributed by atoms with Crippen LogP contribution in [0.5, 0.6) is 0 Å². The minimum atomic E-state index is -4.65. The van der Waals surface area contributed by atoms with Gasteiger partial charge in [0.2, 0.25) is 0 Å². The fourth-order valence-electron chi connectivity index (χ4n) is 1.38. The van der Waals surface area contributed by atoms with Gasteiger partial charge in [0.15, 0.2) is 6.10 Å². The number of hydrogen-bond donors (Lipinski definition) is 1. The maximum atomic E-state index is 13.2. The van der Waals surface area contributed by atoms with Gasteiger partial charge in [0.1, 0.15) is 5.82 Å². The van der Waals surface area contributed by atoms with Gasteiger partial charge in [0.05, 0.1) is 0 Å². The number of aliphatic hydroxyl groups excluding tert-OH is 1. The number of alkyl halides is 3. The average molecular weight is 251 g/mol. The van der Waals surface area contributed by atoms with E-state index >= 15 is 0 Å². The maximum absolute atomic E-state index is 13.2. The van der Waals surface area contributed by atoms with Gasteiger partial charge in [0, 0.05) is 18.7 Å². The van der Waals surface area contributed by atoms with Gasteiger partial charge in [-0.3, -0.25) is 4.90 Å². The molecule has 2 nitrogen and oxygen atoms in total. The lowest BCUT2D eigenvalue weighted by molar-refractivity contribution is -0.207. The average Bonchev–Trinajstić information content (AvgIpc) is 2.20. The highest BCUT2D eigenvalue weighted by Gasteiger charge is 2.38. The molecular formula is C11H13F4NO. The Labute approximate surface area is 96.5 Å². The van der Waals surface area contributed by atoms with Crippen molar-refractivity contribution in [3.63, 3.8) is 0 Å². The quantitative estimate of drug-likeness (QED) is 0.829. The molecule has 0 amide bonds. The van der Waals surface area contributed by atoms with Crippen LogP contribution in [0.1, 0.15) is 5.56 Å². The smallest absolute Gasteiger partial charge is 0.382 e. The summed E-state index contributed by atoms with van der Waals surface area (Å²) in [6.45, 7) is -0.572. The molecule has 0 aliphatic heterocycles. The first-order valence-electron chi connectivity index (χ1n) is 4.97. The second-order valence-electron chi connectivity index (χ2n) is 3.85. The summed E-state index contributed by atoms with van der Waals surface area (Å²) < 4.78 is 49.4. The number of benzene rings is 1. The molecule has 0 aliphatic carbocycles. The van der Waals surface area contributed by atoms with Crippen LogP contribution in [0.3, 0.4) is 0 Å². The Morgan fingerprint density at radius 2 is 1.88 bits per heavy atom. The van der Waals surface area contributed by atoms with E-state index in [4.69, 9.17) is 5.11 Å². The lowest BCUT2D eigenvalue weighted by Gasteiger charge is -2.22. The Morgan fingerprint density at radius 1 is 1.29 bits per heavy atom. The second-order valence-corrected chi connectivity index (χ2v) is 3.85. The van der Waals surface area contributed by atoms with E-state index < -0.39 is 24.6 Å². The Bertz CT molecular complexity index is 367. The third kappa shape index (κ3) is 4.32. The largest absolute Gasteiger partial charge is 0.415 e. The van der Waals surface area contributed by atoms with E-state index in [0.717, 1.165) is 0 Å². The van der Waals surface area contributed by atoms with Gasteiger partial charge in [-0.1, -0.05) is 18.2 Å². The van der Waals surface area contributed by atoms with E-state index in [9.17, 15) is 17.6 Å². The zero-order valence-electron chi connectivity index (χ0n) is 9.21. The highest BCUT2D eigenvalue weighted by molar-refractivity contribution is 5.16. The van der Waals surface area contributed by atoms with E-state index in [0.29, 0.717) is 5.56 Å². The summed E-state index contributed by atoms with van der Waals surface area (Å²) in [6, 6.07) is 5.84. The van der Waals surface area contributed by atoms with E-state index in [1.54, 1.807) is 6.07 Å². The van der Waals surface area contributed by atoms with Crippen molar-refractivity contribution in [1.29, 1.82) is 0 Å². The van der Waals surface area contributed by atoms with E-state index in [2.05, 4.69) is 0 Å². The molecule has 1 rings (SSSR count). The molecule has 96 valence electrons. The molecule has 0 aliphatic rings. The van der Waals surface area contributed by atoms with Crippen molar-refractivity contribution in [2.45, 2.75) is 18.8 Å². The first kappa shape index (κ1) is 13.9. The summed E-state index contributed by atoms with van der Waals surface area (Å²) in [4.78, 5) is 1.22. The van der Waals surface area contributed by atoms with Crippen LogP contribution in [0.25, 0.3) is 0 Å². The topological polar surface area (TPSA) is 23.5 Å². The Hall–Kier alpha value is -1.14. The molecule has 6 heteroatoms. The molecule has 1 aromatic rings. The summed E-state index contributed by atoms with van der Waals surface area (Å²) >= 11 is 0. The molecule has 17 heavy (non-hydrogen) atoms. The van der Waals surface area contributed by atoms with Crippen molar-refractivity contribution in [3.8, 4) is 0 Å². The predicted octanol–water partition coefficient (Wildman–Crippen LogP) is 2.18. The summed E-state index contributed by atoms with van der Waals surface area (Å²) in [6.07, 6.45) is -7.07. The van der Waals surface area contributed by atoms with Gasteiger partial charge in [-0.25, -0.2) is 4.39 Å². The van der Waals surface area contributed by atoms with Gasteiger partial charge in [-0.05, 0) is 13.1 Å². The third-order valence-corrected chi connectivity index (χ3v) is 2.26.